The molecule has 1 fully saturated rings. The Morgan fingerprint density at radius 3 is 2.25 bits per heavy atom. The van der Waals surface area contributed by atoms with Gasteiger partial charge < -0.3 is 9.80 Å². The molecule has 8 nitrogen and oxygen atoms in total. The second-order valence-electron chi connectivity index (χ2n) is 7.15. The minimum Gasteiger partial charge on any atom is -0.369 e. The van der Waals surface area contributed by atoms with Crippen LogP contribution in [0.4, 0.5) is 17.1 Å². The van der Waals surface area contributed by atoms with Crippen molar-refractivity contribution in [1.29, 1.82) is 0 Å². The second kappa shape index (κ2) is 11.1. The molecular formula is C20H23Br2ClN4O4S. The van der Waals surface area contributed by atoms with Crippen LogP contribution in [-0.4, -0.2) is 67.6 Å². The van der Waals surface area contributed by atoms with Crippen LogP contribution in [0.25, 0.3) is 0 Å². The van der Waals surface area contributed by atoms with Gasteiger partial charge in [0, 0.05) is 72.8 Å². The van der Waals surface area contributed by atoms with E-state index in [1.54, 1.807) is 6.07 Å². The Morgan fingerprint density at radius 2 is 1.69 bits per heavy atom. The Kier molecular flexibility index (Phi) is 8.79. The highest BCUT2D eigenvalue weighted by Gasteiger charge is 2.33. The van der Waals surface area contributed by atoms with Gasteiger partial charge in [-0.25, -0.2) is 8.42 Å². The van der Waals surface area contributed by atoms with Crippen molar-refractivity contribution in [2.45, 2.75) is 4.90 Å². The van der Waals surface area contributed by atoms with Crippen molar-refractivity contribution in [3.05, 3.63) is 57.6 Å². The molecule has 32 heavy (non-hydrogen) atoms. The zero-order valence-corrected chi connectivity index (χ0v) is 21.9. The van der Waals surface area contributed by atoms with Crippen LogP contribution in [0.2, 0.25) is 5.02 Å². The van der Waals surface area contributed by atoms with Crippen LogP contribution in [-0.2, 0) is 10.0 Å². The molecule has 3 rings (SSSR count). The van der Waals surface area contributed by atoms with Crippen LogP contribution in [0.1, 0.15) is 0 Å². The summed E-state index contributed by atoms with van der Waals surface area (Å²) in [4.78, 5) is 14.7. The highest BCUT2D eigenvalue weighted by molar-refractivity contribution is 9.09. The van der Waals surface area contributed by atoms with Crippen LogP contribution in [0.3, 0.4) is 0 Å². The summed E-state index contributed by atoms with van der Waals surface area (Å²) in [5.41, 5.74) is 1.15. The molecule has 0 spiro atoms. The molecule has 0 aromatic heterocycles. The number of anilines is 2. The lowest BCUT2D eigenvalue weighted by molar-refractivity contribution is -0.385. The Balaban J connectivity index is 1.91. The van der Waals surface area contributed by atoms with Gasteiger partial charge in [0.2, 0.25) is 10.0 Å². The number of nitrogens with zero attached hydrogens (tertiary/aromatic N) is 4. The van der Waals surface area contributed by atoms with E-state index in [1.165, 1.54) is 22.5 Å². The average molecular weight is 611 g/mol. The van der Waals surface area contributed by atoms with Crippen LogP contribution >= 0.6 is 43.5 Å². The maximum Gasteiger partial charge on any atom is 0.270 e. The summed E-state index contributed by atoms with van der Waals surface area (Å²) >= 11 is 12.9. The summed E-state index contributed by atoms with van der Waals surface area (Å²) in [6.45, 7) is 2.66. The Morgan fingerprint density at radius 1 is 1.03 bits per heavy atom. The number of nitro benzene ring substituents is 1. The maximum atomic E-state index is 13.6. The average Bonchev–Trinajstić information content (AvgIpc) is 2.78. The lowest BCUT2D eigenvalue weighted by Crippen LogP contribution is -2.49. The van der Waals surface area contributed by atoms with Gasteiger partial charge in [0.25, 0.3) is 5.69 Å². The van der Waals surface area contributed by atoms with Gasteiger partial charge in [-0.3, -0.25) is 10.1 Å². The van der Waals surface area contributed by atoms with Gasteiger partial charge in [0.1, 0.15) is 4.90 Å². The lowest BCUT2D eigenvalue weighted by atomic mass is 10.2. The molecular weight excluding hydrogens is 588 g/mol. The number of alkyl halides is 2. The summed E-state index contributed by atoms with van der Waals surface area (Å²) in [7, 11) is -3.94. The second-order valence-corrected chi connectivity index (χ2v) is 11.1. The largest absolute Gasteiger partial charge is 0.369 e. The van der Waals surface area contributed by atoms with Crippen molar-refractivity contribution in [3.63, 3.8) is 0 Å². The summed E-state index contributed by atoms with van der Waals surface area (Å²) in [5.74, 6) is 0. The molecule has 2 aromatic rings. The zero-order chi connectivity index (χ0) is 23.3. The third kappa shape index (κ3) is 5.74. The number of halogens is 3. The Hall–Kier alpha value is -1.40. The van der Waals surface area contributed by atoms with Crippen molar-refractivity contribution >= 4 is 70.5 Å². The molecule has 174 valence electrons. The summed E-state index contributed by atoms with van der Waals surface area (Å²) < 4.78 is 28.6. The van der Waals surface area contributed by atoms with Crippen molar-refractivity contribution in [2.24, 2.45) is 0 Å². The zero-order valence-electron chi connectivity index (χ0n) is 17.2. The summed E-state index contributed by atoms with van der Waals surface area (Å²) in [6.07, 6.45) is 0. The monoisotopic (exact) mass is 608 g/mol. The minimum absolute atomic E-state index is 0.0372. The SMILES string of the molecule is O=[N+]([O-])c1ccc(N(CCBr)CCBr)c(S(=O)(=O)N2CCN(c3cccc(Cl)c3)CC2)c1. The van der Waals surface area contributed by atoms with E-state index in [4.69, 9.17) is 11.6 Å². The molecule has 1 saturated heterocycles. The van der Waals surface area contributed by atoms with Crippen molar-refractivity contribution < 1.29 is 13.3 Å². The molecule has 1 aliphatic heterocycles. The molecule has 0 atom stereocenters. The third-order valence-electron chi connectivity index (χ3n) is 5.23. The van der Waals surface area contributed by atoms with E-state index >= 15 is 0 Å². The molecule has 0 aliphatic carbocycles. The number of rotatable bonds is 9. The fourth-order valence-electron chi connectivity index (χ4n) is 3.64. The first-order chi connectivity index (χ1) is 15.3. The molecule has 0 radical (unpaired) electrons. The molecule has 0 amide bonds. The highest BCUT2D eigenvalue weighted by atomic mass is 79.9. The summed E-state index contributed by atoms with van der Waals surface area (Å²) in [5, 5.41) is 13.3. The van der Waals surface area contributed by atoms with Crippen LogP contribution in [0.5, 0.6) is 0 Å². The number of hydrogen-bond acceptors (Lipinski definition) is 6. The first-order valence-electron chi connectivity index (χ1n) is 9.94. The van der Waals surface area contributed by atoms with Crippen molar-refractivity contribution in [2.75, 3.05) is 59.7 Å². The van der Waals surface area contributed by atoms with Crippen LogP contribution in [0.15, 0.2) is 47.4 Å². The number of nitro groups is 1. The van der Waals surface area contributed by atoms with E-state index in [1.807, 2.05) is 23.1 Å². The van der Waals surface area contributed by atoms with Crippen molar-refractivity contribution in [3.8, 4) is 0 Å². The van der Waals surface area contributed by atoms with Gasteiger partial charge in [-0.1, -0.05) is 49.5 Å². The van der Waals surface area contributed by atoms with Gasteiger partial charge >= 0.3 is 0 Å². The number of non-ortho nitro benzene ring substituents is 1. The molecule has 0 saturated carbocycles. The van der Waals surface area contributed by atoms with Gasteiger partial charge in [-0.2, -0.15) is 4.31 Å². The smallest absolute Gasteiger partial charge is 0.270 e. The van der Waals surface area contributed by atoms with Crippen LogP contribution < -0.4 is 9.80 Å². The molecule has 1 aliphatic rings. The van der Waals surface area contributed by atoms with Gasteiger partial charge in [-0.05, 0) is 24.3 Å². The van der Waals surface area contributed by atoms with E-state index in [0.29, 0.717) is 47.5 Å². The highest BCUT2D eigenvalue weighted by Crippen LogP contribution is 2.33. The van der Waals surface area contributed by atoms with Crippen LogP contribution in [0, 0.1) is 10.1 Å². The number of sulfonamides is 1. The van der Waals surface area contributed by atoms with E-state index in [0.717, 1.165) is 5.69 Å². The number of piperazine rings is 1. The van der Waals surface area contributed by atoms with Gasteiger partial charge in [0.05, 0.1) is 10.6 Å². The Labute approximate surface area is 209 Å². The third-order valence-corrected chi connectivity index (χ3v) is 8.11. The van der Waals surface area contributed by atoms with E-state index < -0.39 is 14.9 Å². The quantitative estimate of drug-likeness (QED) is 0.238. The standard InChI is InChI=1S/C20H23Br2ClN4O4S/c21-6-8-25(9-7-22)19-5-4-18(27(28)29)15-20(19)32(30,31)26-12-10-24(11-13-26)17-3-1-2-16(23)14-17/h1-5,14-15H,6-13H2. The van der Waals surface area contributed by atoms with Crippen molar-refractivity contribution in [1.82, 2.24) is 4.31 Å². The van der Waals surface area contributed by atoms with E-state index in [2.05, 4.69) is 36.8 Å². The first-order valence-corrected chi connectivity index (χ1v) is 14.0. The number of hydrogen-bond donors (Lipinski definition) is 0. The van der Waals surface area contributed by atoms with Gasteiger partial charge in [0.15, 0.2) is 0 Å². The Bertz CT molecular complexity index is 1060. The van der Waals surface area contributed by atoms with E-state index in [9.17, 15) is 18.5 Å². The first kappa shape index (κ1) is 25.2. The molecule has 0 N–H and O–H groups in total. The minimum atomic E-state index is -3.94. The molecule has 12 heteroatoms. The fourth-order valence-corrected chi connectivity index (χ4v) is 6.33. The predicted molar refractivity (Wildman–Crippen MR) is 135 cm³/mol. The molecule has 2 aromatic carbocycles. The fraction of sp³-hybridized carbons (Fsp3) is 0.400. The predicted octanol–water partition coefficient (Wildman–Crippen LogP) is 4.36. The van der Waals surface area contributed by atoms with Gasteiger partial charge in [-0.15, -0.1) is 0 Å². The van der Waals surface area contributed by atoms with E-state index in [-0.39, 0.29) is 23.7 Å². The summed E-state index contributed by atoms with van der Waals surface area (Å²) in [6, 6.07) is 11.5. The normalized spacial score (nSPS) is 15.0. The lowest BCUT2D eigenvalue weighted by Gasteiger charge is -2.36. The molecule has 1 heterocycles. The molecule has 0 bridgehead atoms. The topological polar surface area (TPSA) is 87.0 Å². The number of benzene rings is 2. The molecule has 0 unspecified atom stereocenters. The maximum absolute atomic E-state index is 13.6.